The van der Waals surface area contributed by atoms with Gasteiger partial charge in [0.2, 0.25) is 0 Å². The molecule has 3 nitrogen and oxygen atoms in total. The van der Waals surface area contributed by atoms with Crippen molar-refractivity contribution in [3.8, 4) is 5.75 Å². The number of nitrogens with one attached hydrogen (secondary N) is 1. The molecule has 1 heterocycles. The van der Waals surface area contributed by atoms with Crippen molar-refractivity contribution in [1.29, 1.82) is 5.41 Å². The average Bonchev–Trinajstić information content (AvgIpc) is 2.82. The van der Waals surface area contributed by atoms with E-state index in [1.807, 2.05) is 23.6 Å². The minimum absolute atomic E-state index is 0.193. The Hall–Kier alpha value is -1.65. The number of rotatable bonds is 4. The summed E-state index contributed by atoms with van der Waals surface area (Å²) in [5, 5.41) is 19.6. The second-order valence-electron chi connectivity index (χ2n) is 3.83. The first-order valence-corrected chi connectivity index (χ1v) is 6.21. The molecule has 88 valence electrons. The van der Waals surface area contributed by atoms with Gasteiger partial charge in [-0.3, -0.25) is 0 Å². The Bertz CT molecular complexity index is 508. The number of hydrogen-bond donors (Lipinski definition) is 3. The van der Waals surface area contributed by atoms with Gasteiger partial charge in [0.1, 0.15) is 5.75 Å². The maximum atomic E-state index is 9.68. The van der Waals surface area contributed by atoms with Gasteiger partial charge in [-0.1, -0.05) is 24.3 Å². The molecule has 0 spiro atoms. The number of hydrogen-bond acceptors (Lipinski definition) is 4. The van der Waals surface area contributed by atoms with E-state index in [-0.39, 0.29) is 11.8 Å². The topological polar surface area (TPSA) is 70.1 Å². The number of aromatic hydroxyl groups is 1. The fourth-order valence-electron chi connectivity index (χ4n) is 1.68. The zero-order valence-corrected chi connectivity index (χ0v) is 10.1. The molecular formula is C13H14N2OS. The highest BCUT2D eigenvalue weighted by atomic mass is 32.1. The van der Waals surface area contributed by atoms with Crippen molar-refractivity contribution in [3.63, 3.8) is 0 Å². The molecule has 2 aromatic rings. The van der Waals surface area contributed by atoms with Crippen LogP contribution in [-0.4, -0.2) is 10.8 Å². The van der Waals surface area contributed by atoms with Gasteiger partial charge in [-0.2, -0.15) is 0 Å². The Morgan fingerprint density at radius 2 is 2.06 bits per heavy atom. The van der Waals surface area contributed by atoms with Crippen LogP contribution >= 0.6 is 11.3 Å². The fourth-order valence-corrected chi connectivity index (χ4v) is 2.37. The molecule has 1 aromatic heterocycles. The summed E-state index contributed by atoms with van der Waals surface area (Å²) in [7, 11) is 0. The molecule has 0 radical (unpaired) electrons. The lowest BCUT2D eigenvalue weighted by Crippen LogP contribution is -2.15. The summed E-state index contributed by atoms with van der Waals surface area (Å²) < 4.78 is 0. The first-order valence-electron chi connectivity index (χ1n) is 5.33. The van der Waals surface area contributed by atoms with Gasteiger partial charge < -0.3 is 16.2 Å². The van der Waals surface area contributed by atoms with Crippen LogP contribution in [0.2, 0.25) is 0 Å². The first kappa shape index (κ1) is 11.8. The molecule has 0 amide bonds. The summed E-state index contributed by atoms with van der Waals surface area (Å²) in [6, 6.07) is 10.5. The molecule has 17 heavy (non-hydrogen) atoms. The molecule has 1 atom stereocenters. The minimum Gasteiger partial charge on any atom is -0.508 e. The van der Waals surface area contributed by atoms with Crippen molar-refractivity contribution in [3.05, 3.63) is 52.2 Å². The SMILES string of the molecule is N=C(CC(N)c1ccccc1O)c1cccs1. The number of para-hydroxylation sites is 1. The Morgan fingerprint density at radius 1 is 1.29 bits per heavy atom. The van der Waals surface area contributed by atoms with E-state index in [0.717, 1.165) is 4.88 Å². The third-order valence-electron chi connectivity index (χ3n) is 2.58. The fraction of sp³-hybridized carbons (Fsp3) is 0.154. The smallest absolute Gasteiger partial charge is 0.120 e. The van der Waals surface area contributed by atoms with E-state index in [0.29, 0.717) is 17.7 Å². The molecular weight excluding hydrogens is 232 g/mol. The lowest BCUT2D eigenvalue weighted by molar-refractivity contribution is 0.462. The van der Waals surface area contributed by atoms with Crippen molar-refractivity contribution in [2.45, 2.75) is 12.5 Å². The zero-order valence-electron chi connectivity index (χ0n) is 9.26. The van der Waals surface area contributed by atoms with Gasteiger partial charge >= 0.3 is 0 Å². The number of phenolic OH excluding ortho intramolecular Hbond substituents is 1. The van der Waals surface area contributed by atoms with Gasteiger partial charge in [0.05, 0.1) is 5.71 Å². The molecule has 1 aromatic carbocycles. The monoisotopic (exact) mass is 246 g/mol. The van der Waals surface area contributed by atoms with Crippen LogP contribution in [0.1, 0.15) is 22.9 Å². The van der Waals surface area contributed by atoms with Gasteiger partial charge in [-0.05, 0) is 17.5 Å². The van der Waals surface area contributed by atoms with E-state index in [1.54, 1.807) is 18.2 Å². The van der Waals surface area contributed by atoms with Crippen molar-refractivity contribution in [2.24, 2.45) is 5.73 Å². The summed E-state index contributed by atoms with van der Waals surface area (Å²) in [6.07, 6.45) is 0.429. The summed E-state index contributed by atoms with van der Waals surface area (Å²) in [6.45, 7) is 0. The van der Waals surface area contributed by atoms with Crippen molar-refractivity contribution >= 4 is 17.0 Å². The van der Waals surface area contributed by atoms with E-state index in [4.69, 9.17) is 11.1 Å². The molecule has 1 unspecified atom stereocenters. The highest BCUT2D eigenvalue weighted by Crippen LogP contribution is 2.25. The second-order valence-corrected chi connectivity index (χ2v) is 4.77. The Labute approximate surface area is 104 Å². The van der Waals surface area contributed by atoms with Gasteiger partial charge in [-0.15, -0.1) is 11.3 Å². The van der Waals surface area contributed by atoms with Crippen LogP contribution < -0.4 is 5.73 Å². The maximum Gasteiger partial charge on any atom is 0.120 e. The molecule has 0 saturated carbocycles. The van der Waals surface area contributed by atoms with E-state index < -0.39 is 0 Å². The van der Waals surface area contributed by atoms with Gasteiger partial charge in [0, 0.05) is 22.9 Å². The third-order valence-corrected chi connectivity index (χ3v) is 3.51. The normalized spacial score (nSPS) is 12.3. The number of benzene rings is 1. The van der Waals surface area contributed by atoms with E-state index in [1.165, 1.54) is 11.3 Å². The largest absolute Gasteiger partial charge is 0.508 e. The Kier molecular flexibility index (Phi) is 3.56. The molecule has 4 heteroatoms. The van der Waals surface area contributed by atoms with E-state index >= 15 is 0 Å². The van der Waals surface area contributed by atoms with Crippen LogP contribution in [-0.2, 0) is 0 Å². The van der Waals surface area contributed by atoms with Crippen molar-refractivity contribution in [1.82, 2.24) is 0 Å². The van der Waals surface area contributed by atoms with Crippen molar-refractivity contribution in [2.75, 3.05) is 0 Å². The van der Waals surface area contributed by atoms with Crippen molar-refractivity contribution < 1.29 is 5.11 Å². The van der Waals surface area contributed by atoms with E-state index in [2.05, 4.69) is 0 Å². The lowest BCUT2D eigenvalue weighted by atomic mass is 10.0. The van der Waals surface area contributed by atoms with Crippen LogP contribution in [0, 0.1) is 5.41 Å². The van der Waals surface area contributed by atoms with Gasteiger partial charge in [0.25, 0.3) is 0 Å². The number of nitrogens with two attached hydrogens (primary N) is 1. The molecule has 0 aliphatic rings. The minimum atomic E-state index is -0.342. The quantitative estimate of drug-likeness (QED) is 0.726. The molecule has 0 bridgehead atoms. The second kappa shape index (κ2) is 5.12. The van der Waals surface area contributed by atoms with Crippen LogP contribution in [0.25, 0.3) is 0 Å². The maximum absolute atomic E-state index is 9.68. The highest BCUT2D eigenvalue weighted by Gasteiger charge is 2.13. The standard InChI is InChI=1S/C13H14N2OS/c14-10(9-4-1-2-5-12(9)16)8-11(15)13-6-3-7-17-13/h1-7,10,15-16H,8,14H2. The molecule has 0 aliphatic heterocycles. The van der Waals surface area contributed by atoms with Crippen LogP contribution in [0.5, 0.6) is 5.75 Å². The summed E-state index contributed by atoms with van der Waals surface area (Å²) >= 11 is 1.53. The Balaban J connectivity index is 2.10. The van der Waals surface area contributed by atoms with Gasteiger partial charge in [0.15, 0.2) is 0 Å². The number of thiophene rings is 1. The van der Waals surface area contributed by atoms with Crippen LogP contribution in [0.4, 0.5) is 0 Å². The molecule has 4 N–H and O–H groups in total. The molecule has 0 fully saturated rings. The Morgan fingerprint density at radius 3 is 2.71 bits per heavy atom. The zero-order chi connectivity index (χ0) is 12.3. The summed E-state index contributed by atoms with van der Waals surface area (Å²) in [5.41, 5.74) is 7.21. The van der Waals surface area contributed by atoms with Gasteiger partial charge in [-0.25, -0.2) is 0 Å². The average molecular weight is 246 g/mol. The lowest BCUT2D eigenvalue weighted by Gasteiger charge is -2.13. The van der Waals surface area contributed by atoms with Crippen LogP contribution in [0.15, 0.2) is 41.8 Å². The van der Waals surface area contributed by atoms with E-state index in [9.17, 15) is 5.11 Å². The van der Waals surface area contributed by atoms with Crippen LogP contribution in [0.3, 0.4) is 0 Å². The predicted octanol–water partition coefficient (Wildman–Crippen LogP) is 2.91. The third kappa shape index (κ3) is 2.72. The highest BCUT2D eigenvalue weighted by molar-refractivity contribution is 7.12. The molecule has 0 saturated heterocycles. The summed E-state index contributed by atoms with van der Waals surface area (Å²) in [4.78, 5) is 0.927. The molecule has 0 aliphatic carbocycles. The predicted molar refractivity (Wildman–Crippen MR) is 70.8 cm³/mol. The number of phenols is 1. The summed E-state index contributed by atoms with van der Waals surface area (Å²) in [5.74, 6) is 0.193. The first-order chi connectivity index (χ1) is 8.18. The molecule has 2 rings (SSSR count).